The third-order valence-corrected chi connectivity index (χ3v) is 4.07. The molecule has 0 aromatic rings. The molecule has 2 saturated heterocycles. The minimum absolute atomic E-state index is 0.337. The Morgan fingerprint density at radius 2 is 2.19 bits per heavy atom. The number of piperazine rings is 1. The Kier molecular flexibility index (Phi) is 4.19. The molecule has 0 radical (unpaired) electrons. The molecule has 2 N–H and O–H groups in total. The summed E-state index contributed by atoms with van der Waals surface area (Å²) >= 11 is 0. The molecule has 0 aromatic heterocycles. The largest absolute Gasteiger partial charge is 0.381 e. The van der Waals surface area contributed by atoms with E-state index >= 15 is 0 Å². The molecule has 2 aliphatic rings. The van der Waals surface area contributed by atoms with Crippen LogP contribution in [0.1, 0.15) is 13.3 Å². The van der Waals surface area contributed by atoms with Crippen LogP contribution in [0.25, 0.3) is 0 Å². The number of ether oxygens (including phenoxy) is 1. The van der Waals surface area contributed by atoms with Crippen LogP contribution >= 0.6 is 0 Å². The van der Waals surface area contributed by atoms with Gasteiger partial charge in [-0.2, -0.15) is 0 Å². The van der Waals surface area contributed by atoms with Crippen LogP contribution in [0.2, 0.25) is 0 Å². The van der Waals surface area contributed by atoms with E-state index in [9.17, 15) is 0 Å². The Labute approximate surface area is 98.7 Å². The molecule has 3 unspecified atom stereocenters. The summed E-state index contributed by atoms with van der Waals surface area (Å²) in [4.78, 5) is 4.97. The van der Waals surface area contributed by atoms with Gasteiger partial charge in [-0.15, -0.1) is 0 Å². The maximum Gasteiger partial charge on any atom is 0.0521 e. The van der Waals surface area contributed by atoms with Crippen molar-refractivity contribution in [2.45, 2.75) is 25.4 Å². The molecule has 0 aromatic carbocycles. The maximum absolute atomic E-state index is 6.14. The number of rotatable bonds is 2. The molecule has 2 fully saturated rings. The van der Waals surface area contributed by atoms with Gasteiger partial charge in [0, 0.05) is 50.8 Å². The van der Waals surface area contributed by atoms with Crippen molar-refractivity contribution in [3.8, 4) is 0 Å². The predicted molar refractivity (Wildman–Crippen MR) is 65.4 cm³/mol. The van der Waals surface area contributed by atoms with Crippen LogP contribution in [0.5, 0.6) is 0 Å². The normalized spacial score (nSPS) is 38.8. The van der Waals surface area contributed by atoms with Gasteiger partial charge < -0.3 is 20.3 Å². The van der Waals surface area contributed by atoms with E-state index in [2.05, 4.69) is 23.8 Å². The number of nitrogens with zero attached hydrogens (tertiary/aromatic N) is 2. The van der Waals surface area contributed by atoms with Crippen molar-refractivity contribution < 1.29 is 4.74 Å². The fourth-order valence-electron chi connectivity index (χ4n) is 2.62. The van der Waals surface area contributed by atoms with E-state index in [4.69, 9.17) is 10.5 Å². The minimum Gasteiger partial charge on any atom is -0.381 e. The summed E-state index contributed by atoms with van der Waals surface area (Å²) in [5.74, 6) is 0.532. The SMILES string of the molecule is CC1CN(CC2COCCC2N)CCN1C. The number of likely N-dealkylation sites (N-methyl/N-ethyl adjacent to an activating group) is 1. The van der Waals surface area contributed by atoms with Crippen molar-refractivity contribution in [2.24, 2.45) is 11.7 Å². The zero-order valence-corrected chi connectivity index (χ0v) is 10.6. The zero-order valence-electron chi connectivity index (χ0n) is 10.6. The molecule has 3 atom stereocenters. The van der Waals surface area contributed by atoms with Crippen LogP contribution in [0.3, 0.4) is 0 Å². The van der Waals surface area contributed by atoms with E-state index in [-0.39, 0.29) is 0 Å². The highest BCUT2D eigenvalue weighted by Gasteiger charge is 2.27. The average molecular weight is 227 g/mol. The summed E-state index contributed by atoms with van der Waals surface area (Å²) in [5, 5.41) is 0. The quantitative estimate of drug-likeness (QED) is 0.720. The van der Waals surface area contributed by atoms with Crippen LogP contribution in [0, 0.1) is 5.92 Å². The lowest BCUT2D eigenvalue weighted by atomic mass is 9.95. The Bertz CT molecular complexity index is 224. The van der Waals surface area contributed by atoms with Gasteiger partial charge in [0.15, 0.2) is 0 Å². The summed E-state index contributed by atoms with van der Waals surface area (Å²) in [6, 6.07) is 0.998. The van der Waals surface area contributed by atoms with Crippen molar-refractivity contribution in [3.05, 3.63) is 0 Å². The van der Waals surface area contributed by atoms with Crippen LogP contribution in [-0.2, 0) is 4.74 Å². The van der Waals surface area contributed by atoms with E-state index in [1.165, 1.54) is 19.6 Å². The van der Waals surface area contributed by atoms with Crippen molar-refractivity contribution in [1.29, 1.82) is 0 Å². The standard InChI is InChI=1S/C12H25N3O/c1-10-7-15(5-4-14(10)2)8-11-9-16-6-3-12(11)13/h10-12H,3-9,13H2,1-2H3. The lowest BCUT2D eigenvalue weighted by Crippen LogP contribution is -2.53. The van der Waals surface area contributed by atoms with E-state index in [1.54, 1.807) is 0 Å². The second-order valence-electron chi connectivity index (χ2n) is 5.38. The molecule has 0 spiro atoms. The first kappa shape index (κ1) is 12.3. The molecule has 0 saturated carbocycles. The molecular weight excluding hydrogens is 202 g/mol. The van der Waals surface area contributed by atoms with Crippen molar-refractivity contribution in [1.82, 2.24) is 9.80 Å². The van der Waals surface area contributed by atoms with Gasteiger partial charge in [-0.25, -0.2) is 0 Å². The third-order valence-electron chi connectivity index (χ3n) is 4.07. The predicted octanol–water partition coefficient (Wildman–Crippen LogP) is -0.0139. The van der Waals surface area contributed by atoms with Crippen LogP contribution in [0.15, 0.2) is 0 Å². The van der Waals surface area contributed by atoms with E-state index in [0.29, 0.717) is 18.0 Å². The average Bonchev–Trinajstić information content (AvgIpc) is 2.27. The molecule has 0 amide bonds. The van der Waals surface area contributed by atoms with Gasteiger partial charge in [-0.3, -0.25) is 0 Å². The van der Waals surface area contributed by atoms with Gasteiger partial charge in [-0.05, 0) is 20.4 Å². The van der Waals surface area contributed by atoms with Crippen molar-refractivity contribution >= 4 is 0 Å². The van der Waals surface area contributed by atoms with Gasteiger partial charge in [0.1, 0.15) is 0 Å². The lowest BCUT2D eigenvalue weighted by molar-refractivity contribution is 0.0126. The molecule has 16 heavy (non-hydrogen) atoms. The number of hydrogen-bond donors (Lipinski definition) is 1. The van der Waals surface area contributed by atoms with Crippen molar-refractivity contribution in [3.63, 3.8) is 0 Å². The van der Waals surface area contributed by atoms with E-state index in [0.717, 1.165) is 26.2 Å². The molecule has 94 valence electrons. The smallest absolute Gasteiger partial charge is 0.0521 e. The van der Waals surface area contributed by atoms with Gasteiger partial charge in [0.25, 0.3) is 0 Å². The second-order valence-corrected chi connectivity index (χ2v) is 5.38. The molecule has 4 heteroatoms. The Morgan fingerprint density at radius 3 is 2.88 bits per heavy atom. The minimum atomic E-state index is 0.337. The topological polar surface area (TPSA) is 41.7 Å². The maximum atomic E-state index is 6.14. The van der Waals surface area contributed by atoms with Crippen LogP contribution < -0.4 is 5.73 Å². The van der Waals surface area contributed by atoms with Gasteiger partial charge >= 0.3 is 0 Å². The summed E-state index contributed by atoms with van der Waals surface area (Å²) in [6.07, 6.45) is 1.02. The third kappa shape index (κ3) is 2.94. The van der Waals surface area contributed by atoms with Crippen molar-refractivity contribution in [2.75, 3.05) is 46.4 Å². The summed E-state index contributed by atoms with van der Waals surface area (Å²) in [6.45, 7) is 8.61. The second kappa shape index (κ2) is 5.45. The van der Waals surface area contributed by atoms with Gasteiger partial charge in [0.05, 0.1) is 6.61 Å². The highest BCUT2D eigenvalue weighted by Crippen LogP contribution is 2.16. The Hall–Kier alpha value is -0.160. The zero-order chi connectivity index (χ0) is 11.5. The van der Waals surface area contributed by atoms with Crippen LogP contribution in [0.4, 0.5) is 0 Å². The fraction of sp³-hybridized carbons (Fsp3) is 1.00. The van der Waals surface area contributed by atoms with Crippen LogP contribution in [-0.4, -0.2) is 68.3 Å². The molecule has 4 nitrogen and oxygen atoms in total. The molecule has 0 aliphatic carbocycles. The lowest BCUT2D eigenvalue weighted by Gasteiger charge is -2.40. The highest BCUT2D eigenvalue weighted by molar-refractivity contribution is 4.83. The first-order chi connectivity index (χ1) is 7.66. The summed E-state index contributed by atoms with van der Waals surface area (Å²) in [7, 11) is 2.21. The number of hydrogen-bond acceptors (Lipinski definition) is 4. The van der Waals surface area contributed by atoms with Gasteiger partial charge in [-0.1, -0.05) is 0 Å². The Morgan fingerprint density at radius 1 is 1.38 bits per heavy atom. The first-order valence-corrected chi connectivity index (χ1v) is 6.42. The molecule has 2 rings (SSSR count). The fourth-order valence-corrected chi connectivity index (χ4v) is 2.62. The summed E-state index contributed by atoms with van der Waals surface area (Å²) < 4.78 is 5.52. The van der Waals surface area contributed by atoms with E-state index < -0.39 is 0 Å². The molecular formula is C12H25N3O. The monoisotopic (exact) mass is 227 g/mol. The van der Waals surface area contributed by atoms with E-state index in [1.807, 2.05) is 0 Å². The summed E-state index contributed by atoms with van der Waals surface area (Å²) in [5.41, 5.74) is 6.14. The molecule has 0 bridgehead atoms. The number of nitrogens with two attached hydrogens (primary N) is 1. The Balaban J connectivity index is 1.80. The molecule has 2 heterocycles. The first-order valence-electron chi connectivity index (χ1n) is 6.42. The molecule has 2 aliphatic heterocycles. The van der Waals surface area contributed by atoms with Gasteiger partial charge in [0.2, 0.25) is 0 Å². The highest BCUT2D eigenvalue weighted by atomic mass is 16.5.